The maximum Gasteiger partial charge on any atom is 0.251 e. The summed E-state index contributed by atoms with van der Waals surface area (Å²) in [6.45, 7) is 0. The topological polar surface area (TPSA) is 75.3 Å². The highest BCUT2D eigenvalue weighted by atomic mass is 16.2. The molecular weight excluding hydrogens is 364 g/mol. The van der Waals surface area contributed by atoms with Gasteiger partial charge in [-0.05, 0) is 66.8 Å². The second-order valence-electron chi connectivity index (χ2n) is 6.92. The number of hydrogen-bond donors (Lipinski definition) is 2. The van der Waals surface area contributed by atoms with Gasteiger partial charge in [0.2, 0.25) is 0 Å². The van der Waals surface area contributed by atoms with Crippen LogP contribution in [-0.2, 0) is 4.79 Å². The van der Waals surface area contributed by atoms with Crippen molar-refractivity contribution in [2.24, 2.45) is 0 Å². The molecule has 2 aromatic carbocycles. The number of amides is 2. The fourth-order valence-electron chi connectivity index (χ4n) is 3.33. The zero-order valence-corrected chi connectivity index (χ0v) is 16.6. The number of allylic oxidation sites excluding steroid dienone is 2. The summed E-state index contributed by atoms with van der Waals surface area (Å²) in [4.78, 5) is 36.2. The molecule has 3 rings (SSSR count). The van der Waals surface area contributed by atoms with Crippen LogP contribution in [0.15, 0.2) is 59.7 Å². The molecule has 0 aromatic heterocycles. The van der Waals surface area contributed by atoms with Crippen LogP contribution in [0.25, 0.3) is 12.2 Å². The molecule has 1 aliphatic carbocycles. The van der Waals surface area contributed by atoms with Crippen molar-refractivity contribution in [3.8, 4) is 0 Å². The van der Waals surface area contributed by atoms with Gasteiger partial charge in [-0.1, -0.05) is 24.3 Å². The van der Waals surface area contributed by atoms with Gasteiger partial charge >= 0.3 is 0 Å². The predicted molar refractivity (Wildman–Crippen MR) is 114 cm³/mol. The number of hydrogen-bond acceptors (Lipinski definition) is 3. The van der Waals surface area contributed by atoms with Crippen molar-refractivity contribution in [3.05, 3.63) is 81.9 Å². The third-order valence-electron chi connectivity index (χ3n) is 4.96. The Morgan fingerprint density at radius 2 is 1.10 bits per heavy atom. The van der Waals surface area contributed by atoms with Crippen LogP contribution in [0.3, 0.4) is 0 Å². The smallest absolute Gasteiger partial charge is 0.251 e. The highest BCUT2D eigenvalue weighted by Crippen LogP contribution is 2.28. The molecule has 5 heteroatoms. The van der Waals surface area contributed by atoms with Crippen LogP contribution in [-0.4, -0.2) is 31.7 Å². The lowest BCUT2D eigenvalue weighted by Crippen LogP contribution is -2.17. The van der Waals surface area contributed by atoms with Crippen LogP contribution in [0.4, 0.5) is 0 Å². The molecule has 2 aromatic rings. The summed E-state index contributed by atoms with van der Waals surface area (Å²) < 4.78 is 0. The first-order chi connectivity index (χ1) is 14.0. The molecule has 0 spiro atoms. The van der Waals surface area contributed by atoms with Gasteiger partial charge in [-0.25, -0.2) is 0 Å². The van der Waals surface area contributed by atoms with Crippen molar-refractivity contribution in [1.82, 2.24) is 10.6 Å². The lowest BCUT2D eigenvalue weighted by atomic mass is 9.86. The number of ketones is 1. The highest BCUT2D eigenvalue weighted by molar-refractivity contribution is 6.14. The van der Waals surface area contributed by atoms with Gasteiger partial charge in [0.25, 0.3) is 11.8 Å². The molecule has 2 amide bonds. The SMILES string of the molecule is CNC(=O)c1ccc(C=C2CCCC(=Cc3ccc(C(=O)NC)cc3)C2=O)cc1. The Morgan fingerprint density at radius 3 is 1.45 bits per heavy atom. The number of benzene rings is 2. The first-order valence-electron chi connectivity index (χ1n) is 9.62. The molecule has 2 N–H and O–H groups in total. The molecule has 0 bridgehead atoms. The lowest BCUT2D eigenvalue weighted by Gasteiger charge is -2.16. The highest BCUT2D eigenvalue weighted by Gasteiger charge is 2.20. The number of Topliss-reactive ketones (excluding diaryl/α,β-unsaturated/α-hetero) is 1. The average Bonchev–Trinajstić information content (AvgIpc) is 2.76. The zero-order valence-electron chi connectivity index (χ0n) is 16.6. The van der Waals surface area contributed by atoms with E-state index in [9.17, 15) is 14.4 Å². The number of carbonyl (C=O) groups is 3. The molecule has 0 aliphatic heterocycles. The van der Waals surface area contributed by atoms with Gasteiger partial charge < -0.3 is 10.6 Å². The van der Waals surface area contributed by atoms with Gasteiger partial charge in [-0.3, -0.25) is 14.4 Å². The van der Waals surface area contributed by atoms with Crippen molar-refractivity contribution in [3.63, 3.8) is 0 Å². The molecule has 0 atom stereocenters. The maximum absolute atomic E-state index is 12.9. The quantitative estimate of drug-likeness (QED) is 0.786. The fourth-order valence-corrected chi connectivity index (χ4v) is 3.33. The van der Waals surface area contributed by atoms with E-state index >= 15 is 0 Å². The summed E-state index contributed by atoms with van der Waals surface area (Å²) in [5.41, 5.74) is 4.53. The van der Waals surface area contributed by atoms with Crippen LogP contribution < -0.4 is 10.6 Å². The van der Waals surface area contributed by atoms with Crippen molar-refractivity contribution in [2.75, 3.05) is 14.1 Å². The van der Waals surface area contributed by atoms with Gasteiger partial charge in [0.1, 0.15) is 0 Å². The summed E-state index contributed by atoms with van der Waals surface area (Å²) in [6.07, 6.45) is 6.19. The van der Waals surface area contributed by atoms with E-state index in [2.05, 4.69) is 10.6 Å². The monoisotopic (exact) mass is 388 g/mol. The molecule has 1 fully saturated rings. The van der Waals surface area contributed by atoms with Gasteiger partial charge in [-0.15, -0.1) is 0 Å². The molecule has 0 unspecified atom stereocenters. The summed E-state index contributed by atoms with van der Waals surface area (Å²) >= 11 is 0. The van der Waals surface area contributed by atoms with Gasteiger partial charge in [0, 0.05) is 36.4 Å². The molecule has 5 nitrogen and oxygen atoms in total. The molecular formula is C24H24N2O3. The number of rotatable bonds is 4. The molecule has 1 saturated carbocycles. The maximum atomic E-state index is 12.9. The molecule has 148 valence electrons. The Morgan fingerprint density at radius 1 is 0.724 bits per heavy atom. The Bertz CT molecular complexity index is 904. The average molecular weight is 388 g/mol. The normalized spacial score (nSPS) is 16.7. The van der Waals surface area contributed by atoms with Crippen molar-refractivity contribution in [1.29, 1.82) is 0 Å². The Kier molecular flexibility index (Phi) is 6.39. The Balaban J connectivity index is 1.79. The molecule has 1 aliphatic rings. The summed E-state index contributed by atoms with van der Waals surface area (Å²) in [6, 6.07) is 14.4. The second kappa shape index (κ2) is 9.15. The van der Waals surface area contributed by atoms with E-state index in [1.807, 2.05) is 36.4 Å². The minimum Gasteiger partial charge on any atom is -0.355 e. The van der Waals surface area contributed by atoms with Crippen molar-refractivity contribution >= 4 is 29.7 Å². The molecule has 0 saturated heterocycles. The van der Waals surface area contributed by atoms with E-state index < -0.39 is 0 Å². The molecule has 0 heterocycles. The Hall–Kier alpha value is -3.47. The first kappa shape index (κ1) is 20.3. The van der Waals surface area contributed by atoms with Crippen molar-refractivity contribution in [2.45, 2.75) is 19.3 Å². The van der Waals surface area contributed by atoms with Crippen LogP contribution in [0.5, 0.6) is 0 Å². The second-order valence-corrected chi connectivity index (χ2v) is 6.92. The fraction of sp³-hybridized carbons (Fsp3) is 0.208. The first-order valence-corrected chi connectivity index (χ1v) is 9.62. The predicted octanol–water partition coefficient (Wildman–Crippen LogP) is 3.63. The van der Waals surface area contributed by atoms with Gasteiger partial charge in [-0.2, -0.15) is 0 Å². The third kappa shape index (κ3) is 4.88. The Labute approximate surface area is 170 Å². The van der Waals surface area contributed by atoms with Crippen LogP contribution in [0.2, 0.25) is 0 Å². The van der Waals surface area contributed by atoms with Crippen LogP contribution in [0, 0.1) is 0 Å². The van der Waals surface area contributed by atoms with Gasteiger partial charge in [0.05, 0.1) is 0 Å². The largest absolute Gasteiger partial charge is 0.355 e. The third-order valence-corrected chi connectivity index (χ3v) is 4.96. The van der Waals surface area contributed by atoms with Crippen LogP contribution >= 0.6 is 0 Å². The molecule has 29 heavy (non-hydrogen) atoms. The summed E-state index contributed by atoms with van der Waals surface area (Å²) in [5.74, 6) is -0.210. The van der Waals surface area contributed by atoms with Crippen LogP contribution in [0.1, 0.15) is 51.1 Å². The number of carbonyl (C=O) groups excluding carboxylic acids is 3. The summed E-state index contributed by atoms with van der Waals surface area (Å²) in [5, 5.41) is 5.19. The van der Waals surface area contributed by atoms with E-state index in [0.717, 1.165) is 41.5 Å². The van der Waals surface area contributed by atoms with E-state index in [4.69, 9.17) is 0 Å². The van der Waals surface area contributed by atoms with E-state index in [1.165, 1.54) is 0 Å². The standard InChI is InChI=1S/C24H24N2O3/c1-25-23(28)18-10-6-16(7-11-18)14-20-4-3-5-21(22(20)27)15-17-8-12-19(13-9-17)24(29)26-2/h6-15H,3-5H2,1-2H3,(H,25,28)(H,26,29). The minimum atomic E-state index is -0.134. The summed E-state index contributed by atoms with van der Waals surface area (Å²) in [7, 11) is 3.19. The minimum absolute atomic E-state index is 0.0574. The lowest BCUT2D eigenvalue weighted by molar-refractivity contribution is -0.112. The van der Waals surface area contributed by atoms with E-state index in [0.29, 0.717) is 11.1 Å². The van der Waals surface area contributed by atoms with E-state index in [1.54, 1.807) is 38.4 Å². The zero-order chi connectivity index (χ0) is 20.8. The van der Waals surface area contributed by atoms with E-state index in [-0.39, 0.29) is 17.6 Å². The molecule has 0 radical (unpaired) electrons. The number of nitrogens with one attached hydrogen (secondary N) is 2. The van der Waals surface area contributed by atoms with Gasteiger partial charge in [0.15, 0.2) is 5.78 Å². The van der Waals surface area contributed by atoms with Crippen molar-refractivity contribution < 1.29 is 14.4 Å².